The highest BCUT2D eigenvalue weighted by molar-refractivity contribution is 5.93. The lowest BCUT2D eigenvalue weighted by atomic mass is 10.1. The number of oxazole rings is 1. The van der Waals surface area contributed by atoms with Crippen molar-refractivity contribution in [3.63, 3.8) is 0 Å². The number of hydrogen-bond donors (Lipinski definition) is 1. The molecule has 0 radical (unpaired) electrons. The summed E-state index contributed by atoms with van der Waals surface area (Å²) in [5, 5.41) is 2.78. The molecule has 0 aliphatic rings. The first-order chi connectivity index (χ1) is 14.5. The van der Waals surface area contributed by atoms with Crippen LogP contribution in [-0.4, -0.2) is 44.3 Å². The molecule has 3 rings (SSSR count). The largest absolute Gasteiger partial charge is 0.493 e. The van der Waals surface area contributed by atoms with Crippen molar-refractivity contribution in [1.82, 2.24) is 9.88 Å². The van der Waals surface area contributed by atoms with E-state index in [0.29, 0.717) is 30.0 Å². The fourth-order valence-corrected chi connectivity index (χ4v) is 3.04. The van der Waals surface area contributed by atoms with Crippen molar-refractivity contribution in [2.75, 3.05) is 27.9 Å². The van der Waals surface area contributed by atoms with E-state index < -0.39 is 11.7 Å². The number of nitrogens with zero attached hydrogens (tertiary/aromatic N) is 1. The molecule has 9 nitrogen and oxygen atoms in total. The number of carbonyl (C=O) groups is 2. The number of benzene rings is 2. The second-order valence-electron chi connectivity index (χ2n) is 6.42. The Morgan fingerprint density at radius 3 is 2.50 bits per heavy atom. The number of esters is 1. The zero-order valence-corrected chi connectivity index (χ0v) is 16.9. The van der Waals surface area contributed by atoms with Crippen molar-refractivity contribution in [2.24, 2.45) is 0 Å². The number of amides is 1. The molecule has 0 fully saturated rings. The molecule has 1 amide bonds. The van der Waals surface area contributed by atoms with Crippen LogP contribution in [0.5, 0.6) is 11.5 Å². The third-order valence-corrected chi connectivity index (χ3v) is 4.57. The number of carbonyl (C=O) groups excluding carboxylic acids is 2. The maximum atomic E-state index is 12.3. The Balaban J connectivity index is 1.64. The van der Waals surface area contributed by atoms with Gasteiger partial charge >= 0.3 is 11.7 Å². The van der Waals surface area contributed by atoms with Gasteiger partial charge in [0.1, 0.15) is 6.54 Å². The molecule has 158 valence electrons. The number of nitrogens with one attached hydrogen (secondary N) is 1. The molecule has 1 N–H and O–H groups in total. The van der Waals surface area contributed by atoms with E-state index in [2.05, 4.69) is 10.1 Å². The summed E-state index contributed by atoms with van der Waals surface area (Å²) in [6.45, 7) is 0.181. The van der Waals surface area contributed by atoms with Crippen LogP contribution in [0, 0.1) is 0 Å². The lowest BCUT2D eigenvalue weighted by Crippen LogP contribution is -2.32. The molecule has 9 heteroatoms. The molecule has 2 aromatic carbocycles. The van der Waals surface area contributed by atoms with Gasteiger partial charge in [0.05, 0.1) is 32.4 Å². The second-order valence-corrected chi connectivity index (χ2v) is 6.42. The van der Waals surface area contributed by atoms with Gasteiger partial charge in [-0.1, -0.05) is 6.07 Å². The van der Waals surface area contributed by atoms with Crippen LogP contribution < -0.4 is 20.5 Å². The molecule has 0 bridgehead atoms. The Bertz CT molecular complexity index is 1130. The fourth-order valence-electron chi connectivity index (χ4n) is 3.04. The minimum Gasteiger partial charge on any atom is -0.493 e. The SMILES string of the molecule is COC(=O)c1ccc2c(c1)oc(=O)n2CC(=O)NCCc1ccc(OC)c(OC)c1. The fraction of sp³-hybridized carbons (Fsp3) is 0.286. The third kappa shape index (κ3) is 4.45. The normalized spacial score (nSPS) is 10.6. The van der Waals surface area contributed by atoms with Crippen molar-refractivity contribution in [1.29, 1.82) is 0 Å². The van der Waals surface area contributed by atoms with Gasteiger partial charge in [0.2, 0.25) is 5.91 Å². The Morgan fingerprint density at radius 1 is 1.03 bits per heavy atom. The first-order valence-electron chi connectivity index (χ1n) is 9.16. The third-order valence-electron chi connectivity index (χ3n) is 4.57. The summed E-state index contributed by atoms with van der Waals surface area (Å²) in [5.74, 6) is -0.310. The highest BCUT2D eigenvalue weighted by atomic mass is 16.5. The maximum Gasteiger partial charge on any atom is 0.420 e. The maximum absolute atomic E-state index is 12.3. The summed E-state index contributed by atoms with van der Waals surface area (Å²) in [4.78, 5) is 36.0. The summed E-state index contributed by atoms with van der Waals surface area (Å²) in [7, 11) is 4.39. The first-order valence-corrected chi connectivity index (χ1v) is 9.16. The molecule has 0 atom stereocenters. The Labute approximate surface area is 172 Å². The average Bonchev–Trinajstić information content (AvgIpc) is 3.07. The van der Waals surface area contributed by atoms with E-state index in [9.17, 15) is 14.4 Å². The average molecular weight is 414 g/mol. The monoisotopic (exact) mass is 414 g/mol. The summed E-state index contributed by atoms with van der Waals surface area (Å²) in [6, 6.07) is 10.0. The lowest BCUT2D eigenvalue weighted by Gasteiger charge is -2.10. The number of methoxy groups -OCH3 is 3. The zero-order chi connectivity index (χ0) is 21.7. The van der Waals surface area contributed by atoms with Gasteiger partial charge in [-0.3, -0.25) is 9.36 Å². The van der Waals surface area contributed by atoms with Crippen molar-refractivity contribution < 1.29 is 28.2 Å². The quantitative estimate of drug-likeness (QED) is 0.560. The van der Waals surface area contributed by atoms with Gasteiger partial charge in [-0.2, -0.15) is 0 Å². The van der Waals surface area contributed by atoms with Gasteiger partial charge in [0.25, 0.3) is 0 Å². The molecule has 0 saturated heterocycles. The van der Waals surface area contributed by atoms with Crippen molar-refractivity contribution in [3.8, 4) is 11.5 Å². The van der Waals surface area contributed by atoms with Gasteiger partial charge < -0.3 is 23.9 Å². The molecule has 1 aromatic heterocycles. The van der Waals surface area contributed by atoms with Crippen LogP contribution in [0.25, 0.3) is 11.1 Å². The number of fused-ring (bicyclic) bond motifs is 1. The minimum atomic E-state index is -0.679. The smallest absolute Gasteiger partial charge is 0.420 e. The van der Waals surface area contributed by atoms with Gasteiger partial charge in [0.15, 0.2) is 17.1 Å². The van der Waals surface area contributed by atoms with Crippen LogP contribution in [-0.2, 0) is 22.5 Å². The Hall–Kier alpha value is -3.75. The van der Waals surface area contributed by atoms with E-state index in [4.69, 9.17) is 13.9 Å². The highest BCUT2D eigenvalue weighted by Gasteiger charge is 2.15. The van der Waals surface area contributed by atoms with Crippen LogP contribution in [0.3, 0.4) is 0 Å². The predicted octanol–water partition coefficient (Wildman–Crippen LogP) is 1.76. The summed E-state index contributed by atoms with van der Waals surface area (Å²) in [6.07, 6.45) is 0.579. The lowest BCUT2D eigenvalue weighted by molar-refractivity contribution is -0.121. The van der Waals surface area contributed by atoms with Gasteiger partial charge in [0, 0.05) is 6.54 Å². The number of ether oxygens (including phenoxy) is 3. The van der Waals surface area contributed by atoms with Crippen molar-refractivity contribution in [3.05, 3.63) is 58.1 Å². The number of rotatable bonds is 8. The molecule has 0 unspecified atom stereocenters. The molecule has 1 heterocycles. The summed E-state index contributed by atoms with van der Waals surface area (Å²) in [5.41, 5.74) is 1.85. The molecule has 0 saturated carbocycles. The van der Waals surface area contributed by atoms with E-state index >= 15 is 0 Å². The van der Waals surface area contributed by atoms with Crippen LogP contribution in [0.15, 0.2) is 45.6 Å². The van der Waals surface area contributed by atoms with Crippen LogP contribution >= 0.6 is 0 Å². The zero-order valence-electron chi connectivity index (χ0n) is 16.9. The van der Waals surface area contributed by atoms with Gasteiger partial charge in [-0.05, 0) is 42.3 Å². The predicted molar refractivity (Wildman–Crippen MR) is 108 cm³/mol. The molecule has 30 heavy (non-hydrogen) atoms. The van der Waals surface area contributed by atoms with E-state index in [1.807, 2.05) is 12.1 Å². The van der Waals surface area contributed by atoms with Crippen LogP contribution in [0.2, 0.25) is 0 Å². The molecular formula is C21H22N2O7. The standard InChI is InChI=1S/C21H22N2O7/c1-27-16-7-4-13(10-18(16)28-2)8-9-22-19(24)12-23-15-6-5-14(20(25)29-3)11-17(15)30-21(23)26/h4-7,10-11H,8-9,12H2,1-3H3,(H,22,24). The molecule has 3 aromatic rings. The van der Waals surface area contributed by atoms with Crippen molar-refractivity contribution >= 4 is 23.0 Å². The van der Waals surface area contributed by atoms with Crippen LogP contribution in [0.1, 0.15) is 15.9 Å². The van der Waals surface area contributed by atoms with Crippen LogP contribution in [0.4, 0.5) is 0 Å². The van der Waals surface area contributed by atoms with E-state index in [1.165, 1.54) is 23.8 Å². The molecular weight excluding hydrogens is 392 g/mol. The highest BCUT2D eigenvalue weighted by Crippen LogP contribution is 2.27. The summed E-state index contributed by atoms with van der Waals surface area (Å²) >= 11 is 0. The Morgan fingerprint density at radius 2 is 1.80 bits per heavy atom. The summed E-state index contributed by atoms with van der Waals surface area (Å²) < 4.78 is 21.5. The molecule has 0 aliphatic carbocycles. The van der Waals surface area contributed by atoms with E-state index in [1.54, 1.807) is 26.4 Å². The number of aromatic nitrogens is 1. The Kier molecular flexibility index (Phi) is 6.41. The molecule has 0 aliphatic heterocycles. The first kappa shape index (κ1) is 21.0. The number of hydrogen-bond acceptors (Lipinski definition) is 7. The topological polar surface area (TPSA) is 109 Å². The van der Waals surface area contributed by atoms with E-state index in [-0.39, 0.29) is 23.6 Å². The van der Waals surface area contributed by atoms with Crippen molar-refractivity contribution in [2.45, 2.75) is 13.0 Å². The molecule has 0 spiro atoms. The van der Waals surface area contributed by atoms with E-state index in [0.717, 1.165) is 5.56 Å². The van der Waals surface area contributed by atoms with Gasteiger partial charge in [-0.15, -0.1) is 0 Å². The van der Waals surface area contributed by atoms with Gasteiger partial charge in [-0.25, -0.2) is 9.59 Å². The second kappa shape index (κ2) is 9.17. The minimum absolute atomic E-state index is 0.199.